The van der Waals surface area contributed by atoms with Crippen molar-refractivity contribution in [2.45, 2.75) is 23.7 Å². The van der Waals surface area contributed by atoms with Crippen molar-refractivity contribution < 1.29 is 14.6 Å². The lowest BCUT2D eigenvalue weighted by Crippen LogP contribution is -2.65. The molecule has 7 heteroatoms. The third-order valence-corrected chi connectivity index (χ3v) is 10.2. The van der Waals surface area contributed by atoms with Gasteiger partial charge in [-0.2, -0.15) is 0 Å². The van der Waals surface area contributed by atoms with E-state index in [1.165, 1.54) is 0 Å². The van der Waals surface area contributed by atoms with E-state index >= 15 is 0 Å². The van der Waals surface area contributed by atoms with Crippen LogP contribution in [0.1, 0.15) is 29.2 Å². The molecule has 0 amide bonds. The Morgan fingerprint density at radius 1 is 0.488 bits per heavy atom. The number of benzene rings is 5. The fraction of sp³-hybridized carbons (Fsp3) is 0.111. The summed E-state index contributed by atoms with van der Waals surface area (Å²) in [5, 5.41) is 13.4. The fourth-order valence-corrected chi connectivity index (χ4v) is 7.66. The number of hydrogen-bond acceptors (Lipinski definition) is 3. The maximum Gasteiger partial charge on any atom is 0.214 e. The summed E-state index contributed by atoms with van der Waals surface area (Å²) in [4.78, 5) is 0. The summed E-state index contributed by atoms with van der Waals surface area (Å²) >= 11 is 26.9. The molecule has 3 atom stereocenters. The first-order valence-corrected chi connectivity index (χ1v) is 15.2. The second kappa shape index (κ2) is 10.3. The van der Waals surface area contributed by atoms with E-state index in [1.807, 2.05) is 121 Å². The molecular formula is C36H24Cl4O3. The van der Waals surface area contributed by atoms with Crippen LogP contribution in [0.4, 0.5) is 0 Å². The largest absolute Gasteiger partial charge is 0.469 e. The summed E-state index contributed by atoms with van der Waals surface area (Å²) in [7, 11) is 0. The van der Waals surface area contributed by atoms with Crippen molar-refractivity contribution in [2.24, 2.45) is 0 Å². The molecule has 1 heterocycles. The van der Waals surface area contributed by atoms with Gasteiger partial charge in [-0.15, -0.1) is 0 Å². The van der Waals surface area contributed by atoms with Crippen LogP contribution in [0.15, 0.2) is 121 Å². The summed E-state index contributed by atoms with van der Waals surface area (Å²) in [5.74, 6) is 0.230. The van der Waals surface area contributed by atoms with E-state index in [9.17, 15) is 5.11 Å². The van der Waals surface area contributed by atoms with Crippen LogP contribution in [0.3, 0.4) is 0 Å². The van der Waals surface area contributed by atoms with Crippen molar-refractivity contribution in [3.8, 4) is 11.5 Å². The van der Waals surface area contributed by atoms with E-state index < -0.39 is 16.8 Å². The van der Waals surface area contributed by atoms with E-state index in [1.54, 1.807) is 6.92 Å². The van der Waals surface area contributed by atoms with Gasteiger partial charge in [0.15, 0.2) is 11.5 Å². The zero-order valence-electron chi connectivity index (χ0n) is 22.8. The van der Waals surface area contributed by atoms with Crippen molar-refractivity contribution in [1.82, 2.24) is 0 Å². The number of hydrogen-bond donors (Lipinski definition) is 1. The minimum absolute atomic E-state index is 0.0308. The molecule has 0 saturated heterocycles. The summed E-state index contributed by atoms with van der Waals surface area (Å²) < 4.78 is 14.5. The van der Waals surface area contributed by atoms with Crippen LogP contribution in [-0.4, -0.2) is 10.7 Å². The maximum atomic E-state index is 13.3. The van der Waals surface area contributed by atoms with E-state index in [0.717, 1.165) is 16.7 Å². The van der Waals surface area contributed by atoms with Gasteiger partial charge in [-0.25, -0.2) is 0 Å². The summed E-state index contributed by atoms with van der Waals surface area (Å²) in [6.07, 6.45) is 0. The Morgan fingerprint density at radius 3 is 1.37 bits per heavy atom. The van der Waals surface area contributed by atoms with Crippen LogP contribution in [-0.2, 0) is 11.2 Å². The van der Waals surface area contributed by atoms with Crippen LogP contribution in [0.25, 0.3) is 11.1 Å². The molecular weight excluding hydrogens is 622 g/mol. The van der Waals surface area contributed by atoms with Gasteiger partial charge in [-0.1, -0.05) is 168 Å². The van der Waals surface area contributed by atoms with Crippen LogP contribution < -0.4 is 9.47 Å². The van der Waals surface area contributed by atoms with Gasteiger partial charge in [-0.05, 0) is 18.1 Å². The average molecular weight is 646 g/mol. The molecule has 1 aliphatic carbocycles. The topological polar surface area (TPSA) is 38.7 Å². The molecule has 1 N–H and O–H groups in total. The lowest BCUT2D eigenvalue weighted by atomic mass is 9.65. The predicted octanol–water partition coefficient (Wildman–Crippen LogP) is 10.2. The Morgan fingerprint density at radius 2 is 0.884 bits per heavy atom. The SMILES string of the molecule is C[C@@]1(O)C(c2ccccc2)=C(c2ccccc2)[C@@]2(c3ccccc3)Oc3c(Cl)c(Cl)c(Cl)c(Cl)c3O[C@]12c1ccccc1. The lowest BCUT2D eigenvalue weighted by Gasteiger charge is -2.55. The second-order valence-electron chi connectivity index (χ2n) is 10.8. The van der Waals surface area contributed by atoms with Gasteiger partial charge < -0.3 is 14.6 Å². The van der Waals surface area contributed by atoms with Crippen molar-refractivity contribution in [3.05, 3.63) is 164 Å². The monoisotopic (exact) mass is 644 g/mol. The first-order chi connectivity index (χ1) is 20.8. The predicted molar refractivity (Wildman–Crippen MR) is 174 cm³/mol. The van der Waals surface area contributed by atoms with Gasteiger partial charge in [0.25, 0.3) is 0 Å². The standard InChI is InChI=1S/C36H24Cl4O3/c1-34(41)26(22-14-6-2-7-15-22)27(23-16-8-3-9-17-23)35(24-18-10-4-11-19-24)36(34,25-20-12-5-13-21-25)43-33-31(40)29(38)28(37)30(39)32(33)42-35/h2-21,41H,1H3/t34-,35-,36-/m1/s1. The number of ether oxygens (including phenoxy) is 2. The van der Waals surface area contributed by atoms with Gasteiger partial charge in [0, 0.05) is 22.3 Å². The smallest absolute Gasteiger partial charge is 0.214 e. The Hall–Kier alpha value is -3.44. The van der Waals surface area contributed by atoms with Crippen LogP contribution in [0.5, 0.6) is 11.5 Å². The Kier molecular flexibility index (Phi) is 6.81. The molecule has 5 aromatic carbocycles. The Balaban J connectivity index is 1.74. The highest BCUT2D eigenvalue weighted by Gasteiger charge is 2.77. The first-order valence-electron chi connectivity index (χ1n) is 13.7. The molecule has 0 saturated carbocycles. The van der Waals surface area contributed by atoms with Gasteiger partial charge in [0.05, 0.1) is 10.0 Å². The minimum Gasteiger partial charge on any atom is -0.469 e. The fourth-order valence-electron chi connectivity index (χ4n) is 6.77. The molecule has 0 spiro atoms. The third-order valence-electron chi connectivity index (χ3n) is 8.45. The molecule has 1 aliphatic heterocycles. The highest BCUT2D eigenvalue weighted by molar-refractivity contribution is 6.53. The Bertz CT molecular complexity index is 1880. The van der Waals surface area contributed by atoms with E-state index in [2.05, 4.69) is 0 Å². The van der Waals surface area contributed by atoms with Crippen molar-refractivity contribution in [1.29, 1.82) is 0 Å². The molecule has 2 aliphatic rings. The molecule has 7 rings (SSSR count). The molecule has 3 nitrogen and oxygen atoms in total. The summed E-state index contributed by atoms with van der Waals surface area (Å²) in [5.41, 5.74) is -0.518. The van der Waals surface area contributed by atoms with Gasteiger partial charge >= 0.3 is 0 Å². The van der Waals surface area contributed by atoms with Gasteiger partial charge in [-0.3, -0.25) is 0 Å². The third kappa shape index (κ3) is 3.79. The van der Waals surface area contributed by atoms with Gasteiger partial charge in [0.1, 0.15) is 15.6 Å². The quantitative estimate of drug-likeness (QED) is 0.156. The van der Waals surface area contributed by atoms with Gasteiger partial charge in [0.2, 0.25) is 11.2 Å². The number of halogens is 4. The van der Waals surface area contributed by atoms with E-state index in [-0.39, 0.29) is 31.6 Å². The van der Waals surface area contributed by atoms with E-state index in [0.29, 0.717) is 16.7 Å². The highest BCUT2D eigenvalue weighted by Crippen LogP contribution is 2.72. The molecule has 5 aromatic rings. The van der Waals surface area contributed by atoms with Crippen LogP contribution in [0, 0.1) is 0 Å². The number of aliphatic hydroxyl groups is 1. The second-order valence-corrected chi connectivity index (χ2v) is 12.3. The molecule has 0 bridgehead atoms. The number of rotatable bonds is 4. The van der Waals surface area contributed by atoms with E-state index in [4.69, 9.17) is 55.9 Å². The molecule has 0 unspecified atom stereocenters. The molecule has 0 radical (unpaired) electrons. The zero-order chi connectivity index (χ0) is 30.0. The lowest BCUT2D eigenvalue weighted by molar-refractivity contribution is -0.189. The number of fused-ring (bicyclic) bond motifs is 2. The maximum absolute atomic E-state index is 13.3. The molecule has 0 fully saturated rings. The zero-order valence-corrected chi connectivity index (χ0v) is 25.8. The van der Waals surface area contributed by atoms with Crippen molar-refractivity contribution in [3.63, 3.8) is 0 Å². The van der Waals surface area contributed by atoms with Crippen LogP contribution >= 0.6 is 46.4 Å². The van der Waals surface area contributed by atoms with Crippen LogP contribution in [0.2, 0.25) is 20.1 Å². The van der Waals surface area contributed by atoms with Crippen molar-refractivity contribution >= 4 is 57.5 Å². The first kappa shape index (κ1) is 28.3. The average Bonchev–Trinajstić information content (AvgIpc) is 3.24. The van der Waals surface area contributed by atoms with Crippen molar-refractivity contribution in [2.75, 3.05) is 0 Å². The Labute approximate surface area is 269 Å². The highest BCUT2D eigenvalue weighted by atomic mass is 35.5. The molecule has 0 aromatic heterocycles. The minimum atomic E-state index is -1.73. The summed E-state index contributed by atoms with van der Waals surface area (Å²) in [6.45, 7) is 1.76. The molecule has 43 heavy (non-hydrogen) atoms. The normalized spacial score (nSPS) is 24.1. The summed E-state index contributed by atoms with van der Waals surface area (Å²) in [6, 6.07) is 38.9. The molecule has 214 valence electrons.